The van der Waals surface area contributed by atoms with E-state index in [0.29, 0.717) is 0 Å². The molecule has 1 aromatic carbocycles. The zero-order valence-electron chi connectivity index (χ0n) is 11.4. The van der Waals surface area contributed by atoms with E-state index in [1.54, 1.807) is 0 Å². The summed E-state index contributed by atoms with van der Waals surface area (Å²) in [4.78, 5) is 0. The largest absolute Gasteiger partial charge is 0.347 e. The van der Waals surface area contributed by atoms with E-state index in [-0.39, 0.29) is 5.41 Å². The topological polar surface area (TPSA) is 30.9 Å². The van der Waals surface area contributed by atoms with Crippen LogP contribution in [0.3, 0.4) is 0 Å². The first-order valence-electron chi connectivity index (χ1n) is 6.94. The molecular weight excluding hydrogens is 220 g/mol. The summed E-state index contributed by atoms with van der Waals surface area (Å²) in [6.07, 6.45) is 5.75. The molecule has 2 nitrogen and oxygen atoms in total. The van der Waals surface area contributed by atoms with Crippen LogP contribution < -0.4 is 5.73 Å². The zero-order valence-corrected chi connectivity index (χ0v) is 11.4. The van der Waals surface area contributed by atoms with Gasteiger partial charge >= 0.3 is 0 Å². The van der Waals surface area contributed by atoms with Crippen molar-refractivity contribution in [1.29, 1.82) is 0 Å². The first-order chi connectivity index (χ1) is 8.62. The Morgan fingerprint density at radius 3 is 2.94 bits per heavy atom. The molecule has 1 aliphatic heterocycles. The minimum absolute atomic E-state index is 0.180. The van der Waals surface area contributed by atoms with Gasteiger partial charge in [0.1, 0.15) is 0 Å². The number of aromatic nitrogens is 1. The van der Waals surface area contributed by atoms with Crippen molar-refractivity contribution in [2.45, 2.75) is 45.1 Å². The summed E-state index contributed by atoms with van der Waals surface area (Å²) in [6.45, 7) is 6.52. The van der Waals surface area contributed by atoms with Crippen LogP contribution in [0.15, 0.2) is 24.4 Å². The molecule has 0 bridgehead atoms. The van der Waals surface area contributed by atoms with Crippen molar-refractivity contribution < 1.29 is 0 Å². The molecule has 0 saturated carbocycles. The molecule has 0 atom stereocenters. The molecule has 1 aromatic heterocycles. The monoisotopic (exact) mass is 242 g/mol. The summed E-state index contributed by atoms with van der Waals surface area (Å²) in [5, 5.41) is 1.40. The van der Waals surface area contributed by atoms with Gasteiger partial charge in [0.15, 0.2) is 0 Å². The molecule has 0 spiro atoms. The second kappa shape index (κ2) is 4.13. The van der Waals surface area contributed by atoms with Crippen molar-refractivity contribution in [1.82, 2.24) is 4.57 Å². The molecule has 0 unspecified atom stereocenters. The van der Waals surface area contributed by atoms with Crippen molar-refractivity contribution in [2.24, 2.45) is 5.73 Å². The quantitative estimate of drug-likeness (QED) is 0.880. The van der Waals surface area contributed by atoms with Crippen LogP contribution in [-0.2, 0) is 18.4 Å². The van der Waals surface area contributed by atoms with Gasteiger partial charge in [0, 0.05) is 18.1 Å². The van der Waals surface area contributed by atoms with E-state index in [1.165, 1.54) is 41.4 Å². The van der Waals surface area contributed by atoms with Gasteiger partial charge in [0.05, 0.1) is 5.52 Å². The maximum Gasteiger partial charge on any atom is 0.0513 e. The van der Waals surface area contributed by atoms with Gasteiger partial charge in [-0.2, -0.15) is 0 Å². The molecule has 3 rings (SSSR count). The molecule has 2 heteroatoms. The number of nitrogens with two attached hydrogens (primary N) is 1. The molecule has 0 amide bonds. The molecule has 2 heterocycles. The van der Waals surface area contributed by atoms with Crippen molar-refractivity contribution in [3.05, 3.63) is 35.5 Å². The summed E-state index contributed by atoms with van der Waals surface area (Å²) >= 11 is 0. The van der Waals surface area contributed by atoms with Crippen molar-refractivity contribution in [3.63, 3.8) is 0 Å². The Kier molecular flexibility index (Phi) is 2.70. The van der Waals surface area contributed by atoms with Crippen LogP contribution in [0.1, 0.15) is 37.8 Å². The lowest BCUT2D eigenvalue weighted by Crippen LogP contribution is -2.22. The Balaban J connectivity index is 2.16. The first-order valence-corrected chi connectivity index (χ1v) is 6.94. The molecule has 96 valence electrons. The van der Waals surface area contributed by atoms with Crippen LogP contribution in [0, 0.1) is 0 Å². The maximum atomic E-state index is 5.75. The predicted molar refractivity (Wildman–Crippen MR) is 77.0 cm³/mol. The second-order valence-corrected chi connectivity index (χ2v) is 6.11. The van der Waals surface area contributed by atoms with Gasteiger partial charge in [-0.25, -0.2) is 0 Å². The molecule has 18 heavy (non-hydrogen) atoms. The van der Waals surface area contributed by atoms with Gasteiger partial charge < -0.3 is 10.3 Å². The van der Waals surface area contributed by atoms with Crippen molar-refractivity contribution >= 4 is 10.9 Å². The Labute approximate surface area is 109 Å². The van der Waals surface area contributed by atoms with E-state index in [0.717, 1.165) is 13.0 Å². The lowest BCUT2D eigenvalue weighted by molar-refractivity contribution is 0.487. The molecule has 1 aliphatic rings. The van der Waals surface area contributed by atoms with E-state index in [9.17, 15) is 0 Å². The average molecular weight is 242 g/mol. The number of hydrogen-bond donors (Lipinski definition) is 1. The fourth-order valence-electron chi connectivity index (χ4n) is 3.15. The number of aryl methyl sites for hydroxylation is 2. The Hall–Kier alpha value is -1.28. The van der Waals surface area contributed by atoms with Crippen LogP contribution in [0.25, 0.3) is 10.9 Å². The summed E-state index contributed by atoms with van der Waals surface area (Å²) in [7, 11) is 0. The third-order valence-electron chi connectivity index (χ3n) is 4.34. The molecular formula is C16H22N2. The number of benzene rings is 1. The summed E-state index contributed by atoms with van der Waals surface area (Å²) in [5.74, 6) is 0. The fourth-order valence-corrected chi connectivity index (χ4v) is 3.15. The Bertz CT molecular complexity index is 578. The van der Waals surface area contributed by atoms with Crippen LogP contribution in [0.5, 0.6) is 0 Å². The lowest BCUT2D eigenvalue weighted by Gasteiger charge is -2.27. The highest BCUT2D eigenvalue weighted by atomic mass is 15.0. The number of hydrogen-bond acceptors (Lipinski definition) is 1. The molecule has 0 saturated heterocycles. The summed E-state index contributed by atoms with van der Waals surface area (Å²) in [5.41, 5.74) is 10.3. The van der Waals surface area contributed by atoms with Gasteiger partial charge in [-0.05, 0) is 54.5 Å². The SMILES string of the molecule is CC(C)(CCN)c1cc2c3c(ccn3CCC2)c1. The molecule has 2 N–H and O–H groups in total. The Morgan fingerprint density at radius 2 is 2.17 bits per heavy atom. The molecule has 0 radical (unpaired) electrons. The van der Waals surface area contributed by atoms with E-state index >= 15 is 0 Å². The third kappa shape index (κ3) is 1.76. The maximum absolute atomic E-state index is 5.75. The molecule has 2 aromatic rings. The first kappa shape index (κ1) is 11.8. The summed E-state index contributed by atoms with van der Waals surface area (Å²) in [6, 6.07) is 7.02. The second-order valence-electron chi connectivity index (χ2n) is 6.11. The van der Waals surface area contributed by atoms with E-state index in [4.69, 9.17) is 5.73 Å². The normalized spacial score (nSPS) is 15.3. The van der Waals surface area contributed by atoms with Crippen molar-refractivity contribution in [3.8, 4) is 0 Å². The Morgan fingerprint density at radius 1 is 1.33 bits per heavy atom. The lowest BCUT2D eigenvalue weighted by atomic mass is 9.80. The van der Waals surface area contributed by atoms with Crippen molar-refractivity contribution in [2.75, 3.05) is 6.54 Å². The van der Waals surface area contributed by atoms with Crippen LogP contribution in [0.2, 0.25) is 0 Å². The van der Waals surface area contributed by atoms with Gasteiger partial charge in [-0.1, -0.05) is 19.9 Å². The fraction of sp³-hybridized carbons (Fsp3) is 0.500. The molecule has 0 fully saturated rings. The van der Waals surface area contributed by atoms with Crippen LogP contribution in [-0.4, -0.2) is 11.1 Å². The van der Waals surface area contributed by atoms with E-state index < -0.39 is 0 Å². The summed E-state index contributed by atoms with van der Waals surface area (Å²) < 4.78 is 2.40. The minimum Gasteiger partial charge on any atom is -0.347 e. The van der Waals surface area contributed by atoms with Gasteiger partial charge in [-0.15, -0.1) is 0 Å². The highest BCUT2D eigenvalue weighted by molar-refractivity contribution is 5.85. The molecule has 0 aliphatic carbocycles. The number of nitrogens with zero attached hydrogens (tertiary/aromatic N) is 1. The van der Waals surface area contributed by atoms with Crippen LogP contribution >= 0.6 is 0 Å². The minimum atomic E-state index is 0.180. The van der Waals surface area contributed by atoms with Gasteiger partial charge in [-0.3, -0.25) is 0 Å². The third-order valence-corrected chi connectivity index (χ3v) is 4.34. The highest BCUT2D eigenvalue weighted by Gasteiger charge is 2.22. The predicted octanol–water partition coefficient (Wildman–Crippen LogP) is 3.21. The van der Waals surface area contributed by atoms with Crippen LogP contribution in [0.4, 0.5) is 0 Å². The average Bonchev–Trinajstić information content (AvgIpc) is 2.75. The van der Waals surface area contributed by atoms with E-state index in [1.807, 2.05) is 0 Å². The van der Waals surface area contributed by atoms with Gasteiger partial charge in [0.2, 0.25) is 0 Å². The van der Waals surface area contributed by atoms with Gasteiger partial charge in [0.25, 0.3) is 0 Å². The highest BCUT2D eigenvalue weighted by Crippen LogP contribution is 2.34. The van der Waals surface area contributed by atoms with E-state index in [2.05, 4.69) is 42.8 Å². The smallest absolute Gasteiger partial charge is 0.0513 e. The zero-order chi connectivity index (χ0) is 12.8. The standard InChI is InChI=1S/C16H22N2/c1-16(2,6-7-17)14-10-12-4-3-8-18-9-5-13(11-14)15(12)18/h5,9-11H,3-4,6-8,17H2,1-2H3. The number of rotatable bonds is 3.